The fourth-order valence-corrected chi connectivity index (χ4v) is 2.15. The fourth-order valence-electron chi connectivity index (χ4n) is 1.97. The second kappa shape index (κ2) is 9.07. The lowest BCUT2D eigenvalue weighted by atomic mass is 10.2. The Morgan fingerprint density at radius 1 is 1.32 bits per heavy atom. The van der Waals surface area contributed by atoms with Gasteiger partial charge in [-0.2, -0.15) is 0 Å². The first-order valence-corrected chi connectivity index (χ1v) is 8.59. The highest BCUT2D eigenvalue weighted by Gasteiger charge is 2.11. The first kappa shape index (κ1) is 18.8. The number of carbonyl (C=O) groups is 1. The summed E-state index contributed by atoms with van der Waals surface area (Å²) in [5.74, 6) is 0.803. The molecule has 9 heteroatoms. The molecule has 25 heavy (non-hydrogen) atoms. The average Bonchev–Trinajstić information content (AvgIpc) is 3.02. The smallest absolute Gasteiger partial charge is 0.257 e. The van der Waals surface area contributed by atoms with Crippen molar-refractivity contribution < 1.29 is 9.53 Å². The van der Waals surface area contributed by atoms with Gasteiger partial charge in [0.1, 0.15) is 5.75 Å². The van der Waals surface area contributed by atoms with E-state index in [2.05, 4.69) is 33.1 Å². The normalized spacial score (nSPS) is 11.6. The Hall–Kier alpha value is -2.55. The Bertz CT molecular complexity index is 716. The molecule has 1 aromatic carbocycles. The molecule has 0 fully saturated rings. The summed E-state index contributed by atoms with van der Waals surface area (Å²) in [4.78, 5) is 12.2. The van der Waals surface area contributed by atoms with E-state index in [1.807, 2.05) is 13.8 Å². The van der Waals surface area contributed by atoms with E-state index in [1.165, 1.54) is 0 Å². The number of ether oxygens (including phenoxy) is 1. The van der Waals surface area contributed by atoms with Gasteiger partial charge in [-0.1, -0.05) is 18.9 Å². The zero-order chi connectivity index (χ0) is 18.2. The first-order valence-electron chi connectivity index (χ1n) is 8.18. The summed E-state index contributed by atoms with van der Waals surface area (Å²) in [5.41, 5.74) is 0.480. The molecule has 8 nitrogen and oxygen atoms in total. The average molecular weight is 362 g/mol. The van der Waals surface area contributed by atoms with E-state index in [4.69, 9.17) is 17.0 Å². The van der Waals surface area contributed by atoms with Crippen molar-refractivity contribution in [1.29, 1.82) is 0 Å². The van der Waals surface area contributed by atoms with Crippen LogP contribution in [0.2, 0.25) is 0 Å². The molecule has 1 amide bonds. The summed E-state index contributed by atoms with van der Waals surface area (Å²) in [6.07, 6.45) is 1.93. The van der Waals surface area contributed by atoms with Crippen molar-refractivity contribution in [1.82, 2.24) is 25.5 Å². The molecule has 0 bridgehead atoms. The van der Waals surface area contributed by atoms with Crippen LogP contribution in [0.1, 0.15) is 44.0 Å². The lowest BCUT2D eigenvalue weighted by molar-refractivity contribution is 0.0977. The highest BCUT2D eigenvalue weighted by atomic mass is 32.1. The van der Waals surface area contributed by atoms with Gasteiger partial charge in [-0.05, 0) is 66.7 Å². The number of aromatic nitrogens is 4. The predicted octanol–water partition coefficient (Wildman–Crippen LogP) is 2.39. The highest BCUT2D eigenvalue weighted by Crippen LogP contribution is 2.15. The number of rotatable bonds is 7. The van der Waals surface area contributed by atoms with Crippen LogP contribution in [0.25, 0.3) is 0 Å². The number of hydrogen-bond acceptors (Lipinski definition) is 6. The molecule has 1 heterocycles. The SMILES string of the molecule is CCCn1nnnc1NC(=S)NC(=O)c1ccc(O[C@H](C)CC)cc1. The zero-order valence-electron chi connectivity index (χ0n) is 14.5. The van der Waals surface area contributed by atoms with Gasteiger partial charge in [0.05, 0.1) is 6.10 Å². The number of amides is 1. The molecule has 0 aliphatic rings. The Balaban J connectivity index is 1.92. The van der Waals surface area contributed by atoms with Crippen molar-refractivity contribution in [3.63, 3.8) is 0 Å². The van der Waals surface area contributed by atoms with Crippen LogP contribution in [0.15, 0.2) is 24.3 Å². The van der Waals surface area contributed by atoms with E-state index < -0.39 is 0 Å². The molecule has 2 aromatic rings. The summed E-state index contributed by atoms with van der Waals surface area (Å²) in [5, 5.41) is 16.8. The predicted molar refractivity (Wildman–Crippen MR) is 98.6 cm³/mol. The van der Waals surface area contributed by atoms with Crippen LogP contribution < -0.4 is 15.4 Å². The number of anilines is 1. The molecule has 2 N–H and O–H groups in total. The topological polar surface area (TPSA) is 94.0 Å². The van der Waals surface area contributed by atoms with Crippen molar-refractivity contribution in [2.24, 2.45) is 0 Å². The molecule has 1 atom stereocenters. The van der Waals surface area contributed by atoms with Gasteiger partial charge in [0.2, 0.25) is 5.95 Å². The standard InChI is InChI=1S/C16H22N6O2S/c1-4-10-22-15(19-20-21-22)18-16(25)17-14(23)12-6-8-13(9-7-12)24-11(3)5-2/h6-9,11H,4-5,10H2,1-3H3,(H2,17,18,19,21,23,25)/t11-/m1/s1. The van der Waals surface area contributed by atoms with Gasteiger partial charge >= 0.3 is 0 Å². The molecule has 0 radical (unpaired) electrons. The number of aryl methyl sites for hydroxylation is 1. The second-order valence-corrected chi connectivity index (χ2v) is 5.90. The molecule has 134 valence electrons. The van der Waals surface area contributed by atoms with Crippen LogP contribution in [0.5, 0.6) is 5.75 Å². The Morgan fingerprint density at radius 3 is 2.68 bits per heavy atom. The van der Waals surface area contributed by atoms with Crippen molar-refractivity contribution in [3.8, 4) is 5.75 Å². The number of nitrogens with zero attached hydrogens (tertiary/aromatic N) is 4. The summed E-state index contributed by atoms with van der Waals surface area (Å²) >= 11 is 5.14. The Kier molecular flexibility index (Phi) is 6.81. The monoisotopic (exact) mass is 362 g/mol. The van der Waals surface area contributed by atoms with Crippen molar-refractivity contribution in [2.45, 2.75) is 46.3 Å². The number of hydrogen-bond donors (Lipinski definition) is 2. The first-order chi connectivity index (χ1) is 12.0. The molecular formula is C16H22N6O2S. The van der Waals surface area contributed by atoms with Crippen molar-refractivity contribution in [3.05, 3.63) is 29.8 Å². The molecular weight excluding hydrogens is 340 g/mol. The Labute approximate surface area is 151 Å². The van der Waals surface area contributed by atoms with Gasteiger partial charge in [-0.25, -0.2) is 4.68 Å². The third-order valence-corrected chi connectivity index (χ3v) is 3.65. The van der Waals surface area contributed by atoms with Crippen LogP contribution in [0.3, 0.4) is 0 Å². The minimum Gasteiger partial charge on any atom is -0.491 e. The lowest BCUT2D eigenvalue weighted by Crippen LogP contribution is -2.35. The summed E-state index contributed by atoms with van der Waals surface area (Å²) < 4.78 is 7.27. The van der Waals surface area contributed by atoms with Gasteiger partial charge in [0.15, 0.2) is 5.11 Å². The van der Waals surface area contributed by atoms with Gasteiger partial charge in [0, 0.05) is 12.1 Å². The van der Waals surface area contributed by atoms with Crippen LogP contribution in [0, 0.1) is 0 Å². The molecule has 0 saturated heterocycles. The third-order valence-electron chi connectivity index (χ3n) is 3.45. The van der Waals surface area contributed by atoms with E-state index >= 15 is 0 Å². The van der Waals surface area contributed by atoms with Gasteiger partial charge in [0.25, 0.3) is 5.91 Å². The number of tetrazole rings is 1. The van der Waals surface area contributed by atoms with Crippen LogP contribution >= 0.6 is 12.2 Å². The molecule has 0 saturated carbocycles. The van der Waals surface area contributed by atoms with E-state index in [1.54, 1.807) is 28.9 Å². The molecule has 0 spiro atoms. The summed E-state index contributed by atoms with van der Waals surface area (Å²) in [6.45, 7) is 6.72. The molecule has 0 aliphatic heterocycles. The molecule has 0 aliphatic carbocycles. The van der Waals surface area contributed by atoms with Gasteiger partial charge in [-0.15, -0.1) is 0 Å². The van der Waals surface area contributed by atoms with Crippen molar-refractivity contribution >= 4 is 29.2 Å². The number of carbonyl (C=O) groups excluding carboxylic acids is 1. The highest BCUT2D eigenvalue weighted by molar-refractivity contribution is 7.80. The largest absolute Gasteiger partial charge is 0.491 e. The van der Waals surface area contributed by atoms with Crippen LogP contribution in [0.4, 0.5) is 5.95 Å². The van der Waals surface area contributed by atoms with E-state index in [9.17, 15) is 4.79 Å². The number of nitrogens with one attached hydrogen (secondary N) is 2. The van der Waals surface area contributed by atoms with Gasteiger partial charge in [-0.3, -0.25) is 15.4 Å². The second-order valence-electron chi connectivity index (χ2n) is 5.49. The minimum atomic E-state index is -0.317. The van der Waals surface area contributed by atoms with Crippen molar-refractivity contribution in [2.75, 3.05) is 5.32 Å². The van der Waals surface area contributed by atoms with E-state index in [0.29, 0.717) is 18.1 Å². The van der Waals surface area contributed by atoms with E-state index in [-0.39, 0.29) is 17.1 Å². The minimum absolute atomic E-state index is 0.130. The molecule has 1 aromatic heterocycles. The maximum Gasteiger partial charge on any atom is 0.257 e. The fraction of sp³-hybridized carbons (Fsp3) is 0.438. The maximum atomic E-state index is 12.2. The summed E-state index contributed by atoms with van der Waals surface area (Å²) in [7, 11) is 0. The zero-order valence-corrected chi connectivity index (χ0v) is 15.3. The Morgan fingerprint density at radius 2 is 2.04 bits per heavy atom. The van der Waals surface area contributed by atoms with Crippen LogP contribution in [-0.2, 0) is 6.54 Å². The number of thiocarbonyl (C=S) groups is 1. The third kappa shape index (κ3) is 5.49. The summed E-state index contributed by atoms with van der Waals surface area (Å²) in [6, 6.07) is 6.91. The number of benzene rings is 1. The van der Waals surface area contributed by atoms with E-state index in [0.717, 1.165) is 18.6 Å². The van der Waals surface area contributed by atoms with Crippen LogP contribution in [-0.4, -0.2) is 37.3 Å². The molecule has 0 unspecified atom stereocenters. The van der Waals surface area contributed by atoms with Gasteiger partial charge < -0.3 is 4.74 Å². The lowest BCUT2D eigenvalue weighted by Gasteiger charge is -2.13. The maximum absolute atomic E-state index is 12.2. The quantitative estimate of drug-likeness (QED) is 0.730. The molecule has 2 rings (SSSR count).